The molecule has 0 radical (unpaired) electrons. The van der Waals surface area contributed by atoms with E-state index in [9.17, 15) is 4.39 Å². The Balaban J connectivity index is 2.40. The highest BCUT2D eigenvalue weighted by molar-refractivity contribution is 5.86. The van der Waals surface area contributed by atoms with E-state index in [4.69, 9.17) is 4.74 Å². The topological polar surface area (TPSA) is 21.3 Å². The van der Waals surface area contributed by atoms with Crippen LogP contribution in [0.2, 0.25) is 0 Å². The van der Waals surface area contributed by atoms with Crippen molar-refractivity contribution in [3.8, 4) is 0 Å². The molecular formula is C16H20FNO. The normalized spacial score (nSPS) is 13.1. The lowest BCUT2D eigenvalue weighted by Gasteiger charge is -2.20. The summed E-state index contributed by atoms with van der Waals surface area (Å²) >= 11 is 0. The Hall–Kier alpha value is -1.45. The van der Waals surface area contributed by atoms with Gasteiger partial charge in [-0.3, -0.25) is 0 Å². The molecule has 2 aromatic carbocycles. The standard InChI is InChI=1S/C16H20FNO/c1-11(2)19-10-16(18-3)14-8-9-15(17)13-7-5-4-6-12(13)14/h4-9,11,16,18H,10H2,1-3H3. The van der Waals surface area contributed by atoms with E-state index < -0.39 is 0 Å². The molecule has 102 valence electrons. The molecule has 2 rings (SSSR count). The lowest BCUT2D eigenvalue weighted by atomic mass is 9.99. The van der Waals surface area contributed by atoms with Crippen molar-refractivity contribution >= 4 is 10.8 Å². The zero-order valence-electron chi connectivity index (χ0n) is 11.6. The summed E-state index contributed by atoms with van der Waals surface area (Å²) in [4.78, 5) is 0. The van der Waals surface area contributed by atoms with Gasteiger partial charge in [-0.15, -0.1) is 0 Å². The van der Waals surface area contributed by atoms with E-state index in [2.05, 4.69) is 5.32 Å². The van der Waals surface area contributed by atoms with E-state index in [0.717, 1.165) is 10.9 Å². The molecule has 0 bridgehead atoms. The van der Waals surface area contributed by atoms with E-state index in [1.54, 1.807) is 0 Å². The van der Waals surface area contributed by atoms with Crippen molar-refractivity contribution in [3.05, 3.63) is 47.8 Å². The quantitative estimate of drug-likeness (QED) is 0.886. The molecule has 1 N–H and O–H groups in total. The third-order valence-electron chi connectivity index (χ3n) is 3.22. The van der Waals surface area contributed by atoms with Crippen molar-refractivity contribution in [2.75, 3.05) is 13.7 Å². The van der Waals surface area contributed by atoms with Crippen LogP contribution >= 0.6 is 0 Å². The smallest absolute Gasteiger partial charge is 0.131 e. The third kappa shape index (κ3) is 3.11. The Bertz CT molecular complexity index is 553. The molecular weight excluding hydrogens is 241 g/mol. The van der Waals surface area contributed by atoms with Gasteiger partial charge in [0.05, 0.1) is 18.8 Å². The third-order valence-corrected chi connectivity index (χ3v) is 3.22. The predicted octanol–water partition coefficient (Wildman–Crippen LogP) is 3.66. The van der Waals surface area contributed by atoms with Crippen LogP contribution in [-0.2, 0) is 4.74 Å². The molecule has 0 fully saturated rings. The van der Waals surface area contributed by atoms with Crippen LogP contribution in [0, 0.1) is 5.82 Å². The highest BCUT2D eigenvalue weighted by Crippen LogP contribution is 2.26. The lowest BCUT2D eigenvalue weighted by molar-refractivity contribution is 0.0628. The molecule has 0 aliphatic heterocycles. The van der Waals surface area contributed by atoms with Crippen LogP contribution in [0.3, 0.4) is 0 Å². The minimum atomic E-state index is -0.181. The van der Waals surface area contributed by atoms with Crippen LogP contribution in [0.4, 0.5) is 4.39 Å². The van der Waals surface area contributed by atoms with Crippen LogP contribution in [0.25, 0.3) is 10.8 Å². The van der Waals surface area contributed by atoms with Gasteiger partial charge in [0.25, 0.3) is 0 Å². The van der Waals surface area contributed by atoms with Crippen molar-refractivity contribution in [3.63, 3.8) is 0 Å². The lowest BCUT2D eigenvalue weighted by Crippen LogP contribution is -2.23. The molecule has 2 nitrogen and oxygen atoms in total. The Labute approximate surface area is 113 Å². The van der Waals surface area contributed by atoms with Crippen LogP contribution in [0.5, 0.6) is 0 Å². The number of benzene rings is 2. The number of nitrogens with one attached hydrogen (secondary N) is 1. The van der Waals surface area contributed by atoms with Crippen LogP contribution < -0.4 is 5.32 Å². The highest BCUT2D eigenvalue weighted by atomic mass is 19.1. The van der Waals surface area contributed by atoms with Gasteiger partial charge in [-0.2, -0.15) is 0 Å². The van der Waals surface area contributed by atoms with Crippen molar-refractivity contribution in [1.82, 2.24) is 5.32 Å². The Morgan fingerprint density at radius 2 is 1.79 bits per heavy atom. The second kappa shape index (κ2) is 6.13. The number of fused-ring (bicyclic) bond motifs is 1. The van der Waals surface area contributed by atoms with Gasteiger partial charge < -0.3 is 10.1 Å². The number of ether oxygens (including phenoxy) is 1. The molecule has 19 heavy (non-hydrogen) atoms. The molecule has 0 aromatic heterocycles. The molecule has 0 saturated carbocycles. The van der Waals surface area contributed by atoms with E-state index in [1.165, 1.54) is 6.07 Å². The second-order valence-corrected chi connectivity index (χ2v) is 4.91. The molecule has 2 aromatic rings. The fourth-order valence-corrected chi connectivity index (χ4v) is 2.21. The zero-order chi connectivity index (χ0) is 13.8. The van der Waals surface area contributed by atoms with Crippen LogP contribution in [0.15, 0.2) is 36.4 Å². The first kappa shape index (κ1) is 14.0. The molecule has 0 amide bonds. The van der Waals surface area contributed by atoms with Gasteiger partial charge in [-0.05, 0) is 37.9 Å². The SMILES string of the molecule is CNC(COC(C)C)c1ccc(F)c2ccccc12. The van der Waals surface area contributed by atoms with Gasteiger partial charge in [0, 0.05) is 5.39 Å². The maximum Gasteiger partial charge on any atom is 0.131 e. The van der Waals surface area contributed by atoms with Gasteiger partial charge in [0.2, 0.25) is 0 Å². The van der Waals surface area contributed by atoms with Crippen molar-refractivity contribution < 1.29 is 9.13 Å². The summed E-state index contributed by atoms with van der Waals surface area (Å²) in [5.41, 5.74) is 1.07. The van der Waals surface area contributed by atoms with Crippen molar-refractivity contribution in [1.29, 1.82) is 0 Å². The number of likely N-dealkylation sites (N-methyl/N-ethyl adjacent to an activating group) is 1. The molecule has 0 aliphatic carbocycles. The van der Waals surface area contributed by atoms with Gasteiger partial charge in [-0.1, -0.05) is 30.3 Å². The van der Waals surface area contributed by atoms with Gasteiger partial charge in [-0.25, -0.2) is 4.39 Å². The average molecular weight is 261 g/mol. The summed E-state index contributed by atoms with van der Waals surface area (Å²) in [6.45, 7) is 4.59. The molecule has 0 saturated heterocycles. The van der Waals surface area contributed by atoms with Gasteiger partial charge >= 0.3 is 0 Å². The minimum Gasteiger partial charge on any atom is -0.377 e. The number of hydrogen-bond acceptors (Lipinski definition) is 2. The monoisotopic (exact) mass is 261 g/mol. The number of halogens is 1. The summed E-state index contributed by atoms with van der Waals surface area (Å²) in [6, 6.07) is 11.0. The molecule has 0 heterocycles. The average Bonchev–Trinajstić information content (AvgIpc) is 2.41. The second-order valence-electron chi connectivity index (χ2n) is 4.91. The predicted molar refractivity (Wildman–Crippen MR) is 76.8 cm³/mol. The number of hydrogen-bond donors (Lipinski definition) is 1. The van der Waals surface area contributed by atoms with Crippen LogP contribution in [-0.4, -0.2) is 19.8 Å². The van der Waals surface area contributed by atoms with Gasteiger partial charge in [0.1, 0.15) is 5.82 Å². The summed E-state index contributed by atoms with van der Waals surface area (Å²) in [5.74, 6) is -0.181. The Morgan fingerprint density at radius 1 is 1.11 bits per heavy atom. The molecule has 0 spiro atoms. The fourth-order valence-electron chi connectivity index (χ4n) is 2.21. The van der Waals surface area contributed by atoms with E-state index >= 15 is 0 Å². The van der Waals surface area contributed by atoms with Crippen molar-refractivity contribution in [2.45, 2.75) is 26.0 Å². The summed E-state index contributed by atoms with van der Waals surface area (Å²) in [7, 11) is 1.90. The van der Waals surface area contributed by atoms with E-state index in [1.807, 2.05) is 51.2 Å². The maximum atomic E-state index is 13.8. The van der Waals surface area contributed by atoms with E-state index in [-0.39, 0.29) is 18.0 Å². The molecule has 1 unspecified atom stereocenters. The van der Waals surface area contributed by atoms with Crippen LogP contribution in [0.1, 0.15) is 25.5 Å². The minimum absolute atomic E-state index is 0.0629. The van der Waals surface area contributed by atoms with Crippen molar-refractivity contribution in [2.24, 2.45) is 0 Å². The highest BCUT2D eigenvalue weighted by Gasteiger charge is 2.14. The first-order valence-electron chi connectivity index (χ1n) is 6.59. The fraction of sp³-hybridized carbons (Fsp3) is 0.375. The zero-order valence-corrected chi connectivity index (χ0v) is 11.6. The van der Waals surface area contributed by atoms with E-state index in [0.29, 0.717) is 12.0 Å². The summed E-state index contributed by atoms with van der Waals surface area (Å²) < 4.78 is 19.5. The Morgan fingerprint density at radius 3 is 2.42 bits per heavy atom. The molecule has 0 aliphatic rings. The first-order chi connectivity index (χ1) is 9.13. The largest absolute Gasteiger partial charge is 0.377 e. The molecule has 1 atom stereocenters. The summed E-state index contributed by atoms with van der Waals surface area (Å²) in [6.07, 6.45) is 0.183. The number of rotatable bonds is 5. The van der Waals surface area contributed by atoms with Gasteiger partial charge in [0.15, 0.2) is 0 Å². The first-order valence-corrected chi connectivity index (χ1v) is 6.59. The summed E-state index contributed by atoms with van der Waals surface area (Å²) in [5, 5.41) is 4.83. The Kier molecular flexibility index (Phi) is 4.51. The maximum absolute atomic E-state index is 13.8. The molecule has 3 heteroatoms.